The number of Topliss-reactive ketones (excluding diaryl/α,β-unsaturated/α-hetero) is 4. The lowest BCUT2D eigenvalue weighted by Crippen LogP contribution is -2.49. The van der Waals surface area contributed by atoms with E-state index in [-0.39, 0.29) is 25.2 Å². The van der Waals surface area contributed by atoms with Crippen LogP contribution in [0, 0.1) is 17.8 Å². The minimum Gasteiger partial charge on any atom is -0.374 e. The van der Waals surface area contributed by atoms with Gasteiger partial charge in [-0.15, -0.1) is 0 Å². The van der Waals surface area contributed by atoms with E-state index in [1.165, 1.54) is 0 Å². The van der Waals surface area contributed by atoms with Gasteiger partial charge in [0.1, 0.15) is 5.92 Å². The zero-order valence-electron chi connectivity index (χ0n) is 16.6. The van der Waals surface area contributed by atoms with E-state index < -0.39 is 40.6 Å². The van der Waals surface area contributed by atoms with E-state index in [1.54, 1.807) is 26.0 Å². The maximum absolute atomic E-state index is 12.8. The lowest BCUT2D eigenvalue weighted by atomic mass is 9.81. The van der Waals surface area contributed by atoms with Crippen molar-refractivity contribution in [3.63, 3.8) is 0 Å². The first kappa shape index (κ1) is 22.2. The Hall–Kier alpha value is -1.88. The van der Waals surface area contributed by atoms with Gasteiger partial charge < -0.3 is 5.11 Å². The molecule has 0 aliphatic heterocycles. The summed E-state index contributed by atoms with van der Waals surface area (Å²) in [5, 5.41) is 11.0. The van der Waals surface area contributed by atoms with Gasteiger partial charge in [0.15, 0.2) is 28.7 Å². The summed E-state index contributed by atoms with van der Waals surface area (Å²) < 4.78 is 0. The fourth-order valence-corrected chi connectivity index (χ4v) is 3.18. The molecule has 0 bridgehead atoms. The van der Waals surface area contributed by atoms with Crippen LogP contribution in [-0.4, -0.2) is 33.8 Å². The molecule has 0 heterocycles. The lowest BCUT2D eigenvalue weighted by Gasteiger charge is -2.25. The molecule has 1 aliphatic carbocycles. The molecular formula is C21H30O5. The van der Waals surface area contributed by atoms with Gasteiger partial charge in [-0.25, -0.2) is 0 Å². The smallest absolute Gasteiger partial charge is 0.192 e. The van der Waals surface area contributed by atoms with Gasteiger partial charge in [-0.2, -0.15) is 0 Å². The van der Waals surface area contributed by atoms with Gasteiger partial charge in [0.2, 0.25) is 0 Å². The minimum absolute atomic E-state index is 0.0191. The van der Waals surface area contributed by atoms with E-state index in [9.17, 15) is 24.3 Å². The summed E-state index contributed by atoms with van der Waals surface area (Å²) in [5.74, 6) is -5.57. The highest BCUT2D eigenvalue weighted by molar-refractivity contribution is 6.33. The predicted octanol–water partition coefficient (Wildman–Crippen LogP) is 3.00. The summed E-state index contributed by atoms with van der Waals surface area (Å²) in [4.78, 5) is 50.8. The predicted molar refractivity (Wildman–Crippen MR) is 99.5 cm³/mol. The van der Waals surface area contributed by atoms with E-state index in [0.717, 1.165) is 11.1 Å². The van der Waals surface area contributed by atoms with Crippen molar-refractivity contribution in [1.82, 2.24) is 0 Å². The van der Waals surface area contributed by atoms with E-state index in [2.05, 4.69) is 0 Å². The Kier molecular flexibility index (Phi) is 7.39. The molecule has 0 aromatic heterocycles. The molecule has 0 saturated heterocycles. The number of aliphatic hydroxyl groups is 1. The van der Waals surface area contributed by atoms with E-state index in [0.29, 0.717) is 0 Å². The van der Waals surface area contributed by atoms with Crippen molar-refractivity contribution in [2.45, 2.75) is 66.4 Å². The second kappa shape index (κ2) is 8.67. The van der Waals surface area contributed by atoms with Gasteiger partial charge in [-0.1, -0.05) is 37.1 Å². The standard InChI is InChI=1S/C21H30O5/c1-12(2)7-9-15-19(24)18(16(22)11-14(5)6)20(25)21(15,26)17(23)10-8-13(3)4/h7-8,14-15,18,26H,9-11H2,1-6H3/t15-,18?,21+/m0/s1. The minimum atomic E-state index is -2.42. The van der Waals surface area contributed by atoms with Gasteiger partial charge >= 0.3 is 0 Å². The molecule has 1 unspecified atom stereocenters. The molecule has 144 valence electrons. The van der Waals surface area contributed by atoms with E-state index >= 15 is 0 Å². The van der Waals surface area contributed by atoms with Crippen molar-refractivity contribution >= 4 is 23.1 Å². The number of rotatable bonds is 8. The summed E-state index contributed by atoms with van der Waals surface area (Å²) in [6, 6.07) is 0. The van der Waals surface area contributed by atoms with Gasteiger partial charge in [0, 0.05) is 12.8 Å². The Balaban J connectivity index is 3.32. The van der Waals surface area contributed by atoms with Crippen molar-refractivity contribution in [3.05, 3.63) is 23.3 Å². The van der Waals surface area contributed by atoms with Gasteiger partial charge in [-0.05, 0) is 40.0 Å². The molecule has 1 saturated carbocycles. The quantitative estimate of drug-likeness (QED) is 0.530. The maximum atomic E-state index is 12.8. The summed E-state index contributed by atoms with van der Waals surface area (Å²) in [5.41, 5.74) is -0.653. The Morgan fingerprint density at radius 1 is 1.08 bits per heavy atom. The van der Waals surface area contributed by atoms with Crippen molar-refractivity contribution in [3.8, 4) is 0 Å². The monoisotopic (exact) mass is 362 g/mol. The zero-order valence-corrected chi connectivity index (χ0v) is 16.6. The normalized spacial score (nSPS) is 25.4. The molecule has 1 N–H and O–H groups in total. The molecule has 5 nitrogen and oxygen atoms in total. The van der Waals surface area contributed by atoms with Crippen LogP contribution in [0.15, 0.2) is 23.3 Å². The molecule has 0 spiro atoms. The molecule has 1 rings (SSSR count). The molecule has 26 heavy (non-hydrogen) atoms. The second-order valence-corrected chi connectivity index (χ2v) is 8.01. The third kappa shape index (κ3) is 4.64. The molecule has 5 heteroatoms. The van der Waals surface area contributed by atoms with Crippen molar-refractivity contribution in [2.24, 2.45) is 17.8 Å². The summed E-state index contributed by atoms with van der Waals surface area (Å²) in [6.07, 6.45) is 3.31. The van der Waals surface area contributed by atoms with Gasteiger partial charge in [0.05, 0.1) is 5.92 Å². The van der Waals surface area contributed by atoms with E-state index in [1.807, 2.05) is 27.7 Å². The van der Waals surface area contributed by atoms with E-state index in [4.69, 9.17) is 0 Å². The second-order valence-electron chi connectivity index (χ2n) is 8.01. The first-order chi connectivity index (χ1) is 11.9. The first-order valence-corrected chi connectivity index (χ1v) is 9.06. The molecule has 1 fully saturated rings. The summed E-state index contributed by atoms with van der Waals surface area (Å²) >= 11 is 0. The van der Waals surface area contributed by atoms with Crippen LogP contribution in [0.2, 0.25) is 0 Å². The molecule has 0 aromatic carbocycles. The highest BCUT2D eigenvalue weighted by Gasteiger charge is 2.64. The number of carbonyl (C=O) groups excluding carboxylic acids is 4. The van der Waals surface area contributed by atoms with Crippen LogP contribution in [-0.2, 0) is 19.2 Å². The molecule has 0 radical (unpaired) electrons. The molecule has 3 atom stereocenters. The Morgan fingerprint density at radius 3 is 2.08 bits per heavy atom. The van der Waals surface area contributed by atoms with Crippen LogP contribution in [0.1, 0.15) is 60.8 Å². The number of allylic oxidation sites excluding steroid dienone is 4. The number of carbonyl (C=O) groups is 4. The Morgan fingerprint density at radius 2 is 1.62 bits per heavy atom. The SMILES string of the molecule is CC(C)=CCC(=O)[C@@]1(O)C(=O)C(C(=O)CC(C)C)C(=O)[C@@H]1CC=C(C)C. The Labute approximate surface area is 155 Å². The summed E-state index contributed by atoms with van der Waals surface area (Å²) in [6.45, 7) is 10.9. The lowest BCUT2D eigenvalue weighted by molar-refractivity contribution is -0.153. The first-order valence-electron chi connectivity index (χ1n) is 9.06. The van der Waals surface area contributed by atoms with Crippen LogP contribution >= 0.6 is 0 Å². The van der Waals surface area contributed by atoms with Crippen LogP contribution in [0.3, 0.4) is 0 Å². The Bertz CT molecular complexity index is 660. The van der Waals surface area contributed by atoms with Gasteiger partial charge in [-0.3, -0.25) is 19.2 Å². The average Bonchev–Trinajstić information content (AvgIpc) is 2.69. The third-order valence-electron chi connectivity index (χ3n) is 4.58. The number of ketones is 4. The highest BCUT2D eigenvalue weighted by atomic mass is 16.3. The van der Waals surface area contributed by atoms with Crippen molar-refractivity contribution in [2.75, 3.05) is 0 Å². The fraction of sp³-hybridized carbons (Fsp3) is 0.619. The summed E-state index contributed by atoms with van der Waals surface area (Å²) in [7, 11) is 0. The molecule has 0 aromatic rings. The number of hydrogen-bond acceptors (Lipinski definition) is 5. The fourth-order valence-electron chi connectivity index (χ4n) is 3.18. The van der Waals surface area contributed by atoms with Crippen LogP contribution in [0.5, 0.6) is 0 Å². The molecule has 1 aliphatic rings. The maximum Gasteiger partial charge on any atom is 0.192 e. The van der Waals surface area contributed by atoms with Crippen molar-refractivity contribution < 1.29 is 24.3 Å². The number of hydrogen-bond donors (Lipinski definition) is 1. The van der Waals surface area contributed by atoms with Crippen molar-refractivity contribution in [1.29, 1.82) is 0 Å². The van der Waals surface area contributed by atoms with Crippen LogP contribution in [0.4, 0.5) is 0 Å². The average molecular weight is 362 g/mol. The molecular weight excluding hydrogens is 332 g/mol. The largest absolute Gasteiger partial charge is 0.374 e. The van der Waals surface area contributed by atoms with Crippen LogP contribution in [0.25, 0.3) is 0 Å². The van der Waals surface area contributed by atoms with Gasteiger partial charge in [0.25, 0.3) is 0 Å². The zero-order chi connectivity index (χ0) is 20.2. The van der Waals surface area contributed by atoms with Crippen LogP contribution < -0.4 is 0 Å². The third-order valence-corrected chi connectivity index (χ3v) is 4.58. The highest BCUT2D eigenvalue weighted by Crippen LogP contribution is 2.39. The molecule has 0 amide bonds. The topological polar surface area (TPSA) is 88.5 Å².